The summed E-state index contributed by atoms with van der Waals surface area (Å²) in [6.45, 7) is 11.6. The van der Waals surface area contributed by atoms with Crippen LogP contribution in [0.4, 0.5) is 0 Å². The van der Waals surface area contributed by atoms with Crippen molar-refractivity contribution in [1.82, 2.24) is 10.2 Å². The Hall–Kier alpha value is -0.860. The van der Waals surface area contributed by atoms with E-state index in [9.17, 15) is 0 Å². The molecule has 0 amide bonds. The molecule has 2 rings (SSSR count). The SMILES string of the molecule is CCc1ccccc1CNC(C)C1CCN(CC)CC1. The van der Waals surface area contributed by atoms with Gasteiger partial charge < -0.3 is 10.2 Å². The maximum atomic E-state index is 3.76. The molecule has 0 aliphatic carbocycles. The van der Waals surface area contributed by atoms with E-state index in [0.29, 0.717) is 6.04 Å². The van der Waals surface area contributed by atoms with Crippen molar-refractivity contribution < 1.29 is 0 Å². The summed E-state index contributed by atoms with van der Waals surface area (Å²) in [6, 6.07) is 9.44. The summed E-state index contributed by atoms with van der Waals surface area (Å²) in [7, 11) is 0. The summed E-state index contributed by atoms with van der Waals surface area (Å²) in [5.41, 5.74) is 2.95. The number of nitrogens with zero attached hydrogens (tertiary/aromatic N) is 1. The summed E-state index contributed by atoms with van der Waals surface area (Å²) in [6.07, 6.45) is 3.82. The molecule has 1 unspecified atom stereocenters. The van der Waals surface area contributed by atoms with Crippen LogP contribution < -0.4 is 5.32 Å². The number of hydrogen-bond donors (Lipinski definition) is 1. The van der Waals surface area contributed by atoms with Gasteiger partial charge in [-0.1, -0.05) is 38.1 Å². The van der Waals surface area contributed by atoms with Crippen molar-refractivity contribution in [3.63, 3.8) is 0 Å². The number of piperidine rings is 1. The van der Waals surface area contributed by atoms with E-state index in [1.165, 1.54) is 43.6 Å². The van der Waals surface area contributed by atoms with Crippen molar-refractivity contribution in [2.45, 2.75) is 52.6 Å². The molecule has 2 nitrogen and oxygen atoms in total. The van der Waals surface area contributed by atoms with Gasteiger partial charge in [0.2, 0.25) is 0 Å². The Bertz CT molecular complexity index is 394. The molecule has 1 aliphatic heterocycles. The maximum Gasteiger partial charge on any atom is 0.0210 e. The lowest BCUT2D eigenvalue weighted by Crippen LogP contribution is -2.41. The van der Waals surface area contributed by atoms with E-state index >= 15 is 0 Å². The summed E-state index contributed by atoms with van der Waals surface area (Å²) in [4.78, 5) is 2.57. The van der Waals surface area contributed by atoms with E-state index < -0.39 is 0 Å². The van der Waals surface area contributed by atoms with Crippen molar-refractivity contribution in [2.24, 2.45) is 5.92 Å². The Morgan fingerprint density at radius 1 is 1.15 bits per heavy atom. The highest BCUT2D eigenvalue weighted by atomic mass is 15.1. The van der Waals surface area contributed by atoms with Crippen LogP contribution >= 0.6 is 0 Å². The highest BCUT2D eigenvalue weighted by Gasteiger charge is 2.22. The Morgan fingerprint density at radius 2 is 1.80 bits per heavy atom. The third kappa shape index (κ3) is 4.07. The summed E-state index contributed by atoms with van der Waals surface area (Å²) in [5.74, 6) is 0.839. The van der Waals surface area contributed by atoms with Gasteiger partial charge in [-0.3, -0.25) is 0 Å². The first-order valence-corrected chi connectivity index (χ1v) is 8.27. The monoisotopic (exact) mass is 274 g/mol. The molecule has 1 aliphatic rings. The average molecular weight is 274 g/mol. The fourth-order valence-electron chi connectivity index (χ4n) is 3.28. The Kier molecular flexibility index (Phi) is 6.06. The quantitative estimate of drug-likeness (QED) is 0.854. The van der Waals surface area contributed by atoms with Crippen LogP contribution in [0.25, 0.3) is 0 Å². The number of likely N-dealkylation sites (tertiary alicyclic amines) is 1. The zero-order chi connectivity index (χ0) is 14.4. The number of rotatable bonds is 6. The van der Waals surface area contributed by atoms with E-state index in [0.717, 1.165) is 18.9 Å². The molecule has 2 heteroatoms. The third-order valence-corrected chi connectivity index (χ3v) is 4.90. The van der Waals surface area contributed by atoms with Crippen LogP contribution in [-0.2, 0) is 13.0 Å². The molecule has 1 aromatic carbocycles. The predicted molar refractivity (Wildman–Crippen MR) is 87.0 cm³/mol. The first kappa shape index (κ1) is 15.5. The summed E-state index contributed by atoms with van der Waals surface area (Å²) < 4.78 is 0. The molecule has 1 heterocycles. The fourth-order valence-corrected chi connectivity index (χ4v) is 3.28. The molecule has 112 valence electrons. The number of benzene rings is 1. The molecule has 20 heavy (non-hydrogen) atoms. The van der Waals surface area contributed by atoms with Gasteiger partial charge >= 0.3 is 0 Å². The number of nitrogens with one attached hydrogen (secondary N) is 1. The molecule has 0 aromatic heterocycles. The molecule has 0 saturated carbocycles. The van der Waals surface area contributed by atoms with Crippen molar-refractivity contribution in [1.29, 1.82) is 0 Å². The Labute approximate surface area is 124 Å². The predicted octanol–water partition coefficient (Wildman–Crippen LogP) is 3.46. The van der Waals surface area contributed by atoms with Crippen LogP contribution in [0.2, 0.25) is 0 Å². The number of hydrogen-bond acceptors (Lipinski definition) is 2. The first-order valence-electron chi connectivity index (χ1n) is 8.27. The molecular formula is C18H30N2. The molecule has 1 saturated heterocycles. The molecule has 1 aromatic rings. The van der Waals surface area contributed by atoms with Crippen LogP contribution in [0, 0.1) is 5.92 Å². The van der Waals surface area contributed by atoms with Gasteiger partial charge in [-0.2, -0.15) is 0 Å². The van der Waals surface area contributed by atoms with Gasteiger partial charge in [-0.15, -0.1) is 0 Å². The average Bonchev–Trinajstić information content (AvgIpc) is 2.53. The molecule has 1 N–H and O–H groups in total. The highest BCUT2D eigenvalue weighted by Crippen LogP contribution is 2.21. The van der Waals surface area contributed by atoms with Crippen molar-refractivity contribution in [3.8, 4) is 0 Å². The zero-order valence-electron chi connectivity index (χ0n) is 13.4. The molecule has 1 fully saturated rings. The minimum Gasteiger partial charge on any atom is -0.310 e. The topological polar surface area (TPSA) is 15.3 Å². The highest BCUT2D eigenvalue weighted by molar-refractivity contribution is 5.26. The van der Waals surface area contributed by atoms with Gasteiger partial charge in [0.25, 0.3) is 0 Å². The van der Waals surface area contributed by atoms with Crippen molar-refractivity contribution in [3.05, 3.63) is 35.4 Å². The normalized spacial score (nSPS) is 19.1. The van der Waals surface area contributed by atoms with Gasteiger partial charge in [0.1, 0.15) is 0 Å². The lowest BCUT2D eigenvalue weighted by Gasteiger charge is -2.34. The van der Waals surface area contributed by atoms with E-state index in [4.69, 9.17) is 0 Å². The van der Waals surface area contributed by atoms with Crippen LogP contribution in [-0.4, -0.2) is 30.6 Å². The van der Waals surface area contributed by atoms with Crippen molar-refractivity contribution in [2.75, 3.05) is 19.6 Å². The van der Waals surface area contributed by atoms with E-state index in [2.05, 4.69) is 55.3 Å². The van der Waals surface area contributed by atoms with Gasteiger partial charge in [-0.05, 0) is 62.9 Å². The van der Waals surface area contributed by atoms with Gasteiger partial charge in [0.05, 0.1) is 0 Å². The molecule has 0 bridgehead atoms. The largest absolute Gasteiger partial charge is 0.310 e. The summed E-state index contributed by atoms with van der Waals surface area (Å²) in [5, 5.41) is 3.76. The molecule has 0 spiro atoms. The van der Waals surface area contributed by atoms with Crippen LogP contribution in [0.15, 0.2) is 24.3 Å². The first-order chi connectivity index (χ1) is 9.74. The molecule has 0 radical (unpaired) electrons. The van der Waals surface area contributed by atoms with Crippen LogP contribution in [0.1, 0.15) is 44.7 Å². The minimum atomic E-state index is 0.624. The lowest BCUT2D eigenvalue weighted by atomic mass is 9.90. The van der Waals surface area contributed by atoms with Gasteiger partial charge in [0.15, 0.2) is 0 Å². The second-order valence-electron chi connectivity index (χ2n) is 6.06. The van der Waals surface area contributed by atoms with E-state index in [1.807, 2.05) is 0 Å². The van der Waals surface area contributed by atoms with Crippen LogP contribution in [0.3, 0.4) is 0 Å². The van der Waals surface area contributed by atoms with Crippen molar-refractivity contribution >= 4 is 0 Å². The van der Waals surface area contributed by atoms with Crippen LogP contribution in [0.5, 0.6) is 0 Å². The Morgan fingerprint density at radius 3 is 2.40 bits per heavy atom. The summed E-state index contributed by atoms with van der Waals surface area (Å²) >= 11 is 0. The van der Waals surface area contributed by atoms with Gasteiger partial charge in [0, 0.05) is 12.6 Å². The molecule has 1 atom stereocenters. The third-order valence-electron chi connectivity index (χ3n) is 4.90. The maximum absolute atomic E-state index is 3.76. The lowest BCUT2D eigenvalue weighted by molar-refractivity contribution is 0.168. The second kappa shape index (κ2) is 7.80. The standard InChI is InChI=1S/C18H30N2/c1-4-16-8-6-7-9-18(16)14-19-15(3)17-10-12-20(5-2)13-11-17/h6-9,15,17,19H,4-5,10-14H2,1-3H3. The second-order valence-corrected chi connectivity index (χ2v) is 6.06. The minimum absolute atomic E-state index is 0.624. The van der Waals surface area contributed by atoms with Gasteiger partial charge in [-0.25, -0.2) is 0 Å². The van der Waals surface area contributed by atoms with E-state index in [1.54, 1.807) is 0 Å². The van der Waals surface area contributed by atoms with E-state index in [-0.39, 0.29) is 0 Å². The Balaban J connectivity index is 1.82. The fraction of sp³-hybridized carbons (Fsp3) is 0.667. The smallest absolute Gasteiger partial charge is 0.0210 e. The number of aryl methyl sites for hydroxylation is 1. The molecular weight excluding hydrogens is 244 g/mol. The zero-order valence-corrected chi connectivity index (χ0v) is 13.4.